The van der Waals surface area contributed by atoms with Gasteiger partial charge in [-0.2, -0.15) is 0 Å². The van der Waals surface area contributed by atoms with Gasteiger partial charge in [0.2, 0.25) is 5.91 Å². The predicted molar refractivity (Wildman–Crippen MR) is 89.5 cm³/mol. The maximum atomic E-state index is 12.1. The molecule has 21 heavy (non-hydrogen) atoms. The summed E-state index contributed by atoms with van der Waals surface area (Å²) in [5, 5.41) is 2.95. The first-order valence-electron chi connectivity index (χ1n) is 7.45. The second-order valence-electron chi connectivity index (χ2n) is 5.65. The predicted octanol–water partition coefficient (Wildman–Crippen LogP) is 1.79. The van der Waals surface area contributed by atoms with Crippen molar-refractivity contribution in [3.63, 3.8) is 0 Å². The molecule has 0 saturated heterocycles. The smallest absolute Gasteiger partial charge is 0.238 e. The number of carbonyl (C=O) groups excluding carboxylic acids is 1. The van der Waals surface area contributed by atoms with E-state index in [1.54, 1.807) is 6.07 Å². The van der Waals surface area contributed by atoms with Gasteiger partial charge < -0.3 is 16.0 Å². The van der Waals surface area contributed by atoms with Gasteiger partial charge in [-0.3, -0.25) is 9.69 Å². The highest BCUT2D eigenvalue weighted by molar-refractivity contribution is 5.93. The van der Waals surface area contributed by atoms with Crippen LogP contribution in [0.25, 0.3) is 0 Å². The van der Waals surface area contributed by atoms with E-state index in [0.29, 0.717) is 12.2 Å². The molecule has 0 aliphatic rings. The molecule has 0 bridgehead atoms. The van der Waals surface area contributed by atoms with Gasteiger partial charge in [0.1, 0.15) is 0 Å². The molecule has 1 aromatic rings. The van der Waals surface area contributed by atoms with E-state index in [0.717, 1.165) is 37.3 Å². The SMILES string of the molecule is CCN(CCCN(C)C)CC(=O)Nc1ccc(N)cc1C. The van der Waals surface area contributed by atoms with Gasteiger partial charge in [-0.15, -0.1) is 0 Å². The summed E-state index contributed by atoms with van der Waals surface area (Å²) in [5.41, 5.74) is 8.24. The van der Waals surface area contributed by atoms with Crippen LogP contribution >= 0.6 is 0 Å². The molecule has 0 aliphatic carbocycles. The van der Waals surface area contributed by atoms with Crippen molar-refractivity contribution in [3.05, 3.63) is 23.8 Å². The van der Waals surface area contributed by atoms with Crippen molar-refractivity contribution >= 4 is 17.3 Å². The highest BCUT2D eigenvalue weighted by Crippen LogP contribution is 2.17. The summed E-state index contributed by atoms with van der Waals surface area (Å²) in [6.07, 6.45) is 1.06. The summed E-state index contributed by atoms with van der Waals surface area (Å²) in [6.45, 7) is 7.30. The lowest BCUT2D eigenvalue weighted by Gasteiger charge is -2.21. The van der Waals surface area contributed by atoms with Crippen molar-refractivity contribution in [2.45, 2.75) is 20.3 Å². The van der Waals surface area contributed by atoms with Crippen LogP contribution in [0, 0.1) is 6.92 Å². The summed E-state index contributed by atoms with van der Waals surface area (Å²) >= 11 is 0. The fourth-order valence-electron chi connectivity index (χ4n) is 2.18. The van der Waals surface area contributed by atoms with Gasteiger partial charge in [-0.25, -0.2) is 0 Å². The van der Waals surface area contributed by atoms with Gasteiger partial charge in [0, 0.05) is 11.4 Å². The molecule has 0 saturated carbocycles. The van der Waals surface area contributed by atoms with E-state index < -0.39 is 0 Å². The second-order valence-corrected chi connectivity index (χ2v) is 5.65. The fraction of sp³-hybridized carbons (Fsp3) is 0.562. The van der Waals surface area contributed by atoms with Gasteiger partial charge in [-0.1, -0.05) is 6.92 Å². The van der Waals surface area contributed by atoms with Gasteiger partial charge in [0.05, 0.1) is 6.54 Å². The zero-order valence-corrected chi connectivity index (χ0v) is 13.6. The van der Waals surface area contributed by atoms with Crippen molar-refractivity contribution < 1.29 is 4.79 Å². The number of benzene rings is 1. The maximum Gasteiger partial charge on any atom is 0.238 e. The first-order valence-corrected chi connectivity index (χ1v) is 7.45. The minimum absolute atomic E-state index is 0.0228. The van der Waals surface area contributed by atoms with Crippen LogP contribution in [-0.4, -0.2) is 56.0 Å². The molecular weight excluding hydrogens is 264 g/mol. The Hall–Kier alpha value is -1.59. The van der Waals surface area contributed by atoms with Crippen molar-refractivity contribution in [2.75, 3.05) is 51.3 Å². The van der Waals surface area contributed by atoms with Crippen LogP contribution in [0.15, 0.2) is 18.2 Å². The lowest BCUT2D eigenvalue weighted by Crippen LogP contribution is -2.35. The van der Waals surface area contributed by atoms with Gasteiger partial charge >= 0.3 is 0 Å². The van der Waals surface area contributed by atoms with E-state index in [1.165, 1.54) is 0 Å². The van der Waals surface area contributed by atoms with Crippen molar-refractivity contribution in [1.29, 1.82) is 0 Å². The van der Waals surface area contributed by atoms with Gasteiger partial charge in [-0.05, 0) is 70.8 Å². The van der Waals surface area contributed by atoms with E-state index >= 15 is 0 Å². The number of hydrogen-bond acceptors (Lipinski definition) is 4. The fourth-order valence-corrected chi connectivity index (χ4v) is 2.18. The minimum atomic E-state index is 0.0228. The monoisotopic (exact) mass is 292 g/mol. The standard InChI is InChI=1S/C16H28N4O/c1-5-20(10-6-9-19(3)4)12-16(21)18-15-8-7-14(17)11-13(15)2/h7-8,11H,5-6,9-10,12,17H2,1-4H3,(H,18,21). The summed E-state index contributed by atoms with van der Waals surface area (Å²) in [4.78, 5) is 16.4. The normalized spacial score (nSPS) is 11.1. The number of carbonyl (C=O) groups is 1. The Morgan fingerprint density at radius 3 is 2.57 bits per heavy atom. The highest BCUT2D eigenvalue weighted by atomic mass is 16.2. The molecule has 0 spiro atoms. The molecule has 0 radical (unpaired) electrons. The topological polar surface area (TPSA) is 61.6 Å². The maximum absolute atomic E-state index is 12.1. The number of rotatable bonds is 8. The van der Waals surface area contributed by atoms with E-state index in [1.807, 2.05) is 19.1 Å². The van der Waals surface area contributed by atoms with Crippen molar-refractivity contribution in [3.8, 4) is 0 Å². The number of anilines is 2. The zero-order chi connectivity index (χ0) is 15.8. The lowest BCUT2D eigenvalue weighted by atomic mass is 10.2. The number of aryl methyl sites for hydroxylation is 1. The van der Waals surface area contributed by atoms with Crippen molar-refractivity contribution in [2.24, 2.45) is 0 Å². The Labute approximate surface area is 128 Å². The Morgan fingerprint density at radius 2 is 2.00 bits per heavy atom. The van der Waals surface area contributed by atoms with Crippen molar-refractivity contribution in [1.82, 2.24) is 9.80 Å². The molecule has 0 unspecified atom stereocenters. The van der Waals surface area contributed by atoms with Crippen LogP contribution in [0.4, 0.5) is 11.4 Å². The molecule has 0 atom stereocenters. The molecule has 1 aromatic carbocycles. The van der Waals surface area contributed by atoms with Crippen LogP contribution in [0.1, 0.15) is 18.9 Å². The molecule has 1 rings (SSSR count). The molecule has 1 amide bonds. The number of nitrogens with zero attached hydrogens (tertiary/aromatic N) is 2. The average molecular weight is 292 g/mol. The number of nitrogens with one attached hydrogen (secondary N) is 1. The lowest BCUT2D eigenvalue weighted by molar-refractivity contribution is -0.117. The first-order chi connectivity index (χ1) is 9.92. The number of nitrogens with two attached hydrogens (primary N) is 1. The molecule has 0 fully saturated rings. The molecular formula is C16H28N4O. The molecule has 5 heteroatoms. The number of hydrogen-bond donors (Lipinski definition) is 2. The third kappa shape index (κ3) is 6.60. The summed E-state index contributed by atoms with van der Waals surface area (Å²) in [5.74, 6) is 0.0228. The zero-order valence-electron chi connectivity index (χ0n) is 13.6. The van der Waals surface area contributed by atoms with E-state index in [4.69, 9.17) is 5.73 Å². The van der Waals surface area contributed by atoms with Crippen LogP contribution in [-0.2, 0) is 4.79 Å². The third-order valence-corrected chi connectivity index (χ3v) is 3.42. The molecule has 3 N–H and O–H groups in total. The van der Waals surface area contributed by atoms with Crippen LogP contribution in [0.5, 0.6) is 0 Å². The minimum Gasteiger partial charge on any atom is -0.399 e. The quantitative estimate of drug-likeness (QED) is 0.717. The summed E-state index contributed by atoms with van der Waals surface area (Å²) < 4.78 is 0. The number of likely N-dealkylation sites (N-methyl/N-ethyl adjacent to an activating group) is 1. The van der Waals surface area contributed by atoms with E-state index in [2.05, 4.69) is 36.1 Å². The van der Waals surface area contributed by atoms with Crippen LogP contribution in [0.3, 0.4) is 0 Å². The van der Waals surface area contributed by atoms with E-state index in [-0.39, 0.29) is 5.91 Å². The molecule has 0 heterocycles. The summed E-state index contributed by atoms with van der Waals surface area (Å²) in [6, 6.07) is 5.52. The Kier molecular flexibility index (Phi) is 7.19. The second kappa shape index (κ2) is 8.64. The van der Waals surface area contributed by atoms with Crippen LogP contribution < -0.4 is 11.1 Å². The van der Waals surface area contributed by atoms with E-state index in [9.17, 15) is 4.79 Å². The van der Waals surface area contributed by atoms with Crippen LogP contribution in [0.2, 0.25) is 0 Å². The first kappa shape index (κ1) is 17.5. The van der Waals surface area contributed by atoms with Gasteiger partial charge in [0.15, 0.2) is 0 Å². The Bertz CT molecular complexity index is 460. The highest BCUT2D eigenvalue weighted by Gasteiger charge is 2.10. The average Bonchev–Trinajstić information content (AvgIpc) is 2.40. The molecule has 0 aliphatic heterocycles. The largest absolute Gasteiger partial charge is 0.399 e. The van der Waals surface area contributed by atoms with Gasteiger partial charge in [0.25, 0.3) is 0 Å². The number of amides is 1. The molecule has 0 aromatic heterocycles. The Balaban J connectivity index is 2.47. The molecule has 5 nitrogen and oxygen atoms in total. The number of nitrogen functional groups attached to an aromatic ring is 1. The Morgan fingerprint density at radius 1 is 1.29 bits per heavy atom. The summed E-state index contributed by atoms with van der Waals surface area (Å²) in [7, 11) is 4.12. The molecule has 118 valence electrons. The third-order valence-electron chi connectivity index (χ3n) is 3.42.